The highest BCUT2D eigenvalue weighted by Crippen LogP contribution is 2.34. The van der Waals surface area contributed by atoms with Gasteiger partial charge >= 0.3 is 5.97 Å². The van der Waals surface area contributed by atoms with Gasteiger partial charge in [0.15, 0.2) is 11.5 Å². The molecule has 0 saturated carbocycles. The first-order chi connectivity index (χ1) is 10.6. The second-order valence-electron chi connectivity index (χ2n) is 4.22. The van der Waals surface area contributed by atoms with Crippen LogP contribution in [-0.4, -0.2) is 43.3 Å². The Morgan fingerprint density at radius 1 is 1.23 bits per heavy atom. The molecule has 1 aromatic heterocycles. The first-order valence-corrected chi connectivity index (χ1v) is 6.95. The van der Waals surface area contributed by atoms with Crippen LogP contribution in [-0.2, 0) is 9.53 Å². The predicted molar refractivity (Wildman–Crippen MR) is 82.8 cm³/mol. The van der Waals surface area contributed by atoms with Crippen LogP contribution in [0.1, 0.15) is 6.92 Å². The molecule has 0 radical (unpaired) electrons. The number of ether oxygens (including phenoxy) is 3. The topological polar surface area (TPSA) is 82.6 Å². The predicted octanol–water partition coefficient (Wildman–Crippen LogP) is 2.28. The number of fused-ring (bicyclic) bond motifs is 1. The number of nitrogens with zero attached hydrogens (tertiary/aromatic N) is 2. The molecule has 1 heterocycles. The summed E-state index contributed by atoms with van der Waals surface area (Å²) in [6, 6.07) is 3.41. The summed E-state index contributed by atoms with van der Waals surface area (Å²) in [5.74, 6) is 1.09. The molecule has 0 spiro atoms. The Labute approximate surface area is 132 Å². The molecule has 0 aliphatic carbocycles. The Kier molecular flexibility index (Phi) is 5.21. The molecule has 7 nitrogen and oxygen atoms in total. The van der Waals surface area contributed by atoms with Crippen molar-refractivity contribution in [1.29, 1.82) is 0 Å². The highest BCUT2D eigenvalue weighted by Gasteiger charge is 2.13. The monoisotopic (exact) mass is 325 g/mol. The lowest BCUT2D eigenvalue weighted by Crippen LogP contribution is -2.17. The van der Waals surface area contributed by atoms with Gasteiger partial charge in [0.2, 0.25) is 5.28 Å². The van der Waals surface area contributed by atoms with Crippen molar-refractivity contribution in [1.82, 2.24) is 9.97 Å². The molecule has 0 saturated heterocycles. The quantitative estimate of drug-likeness (QED) is 0.644. The Morgan fingerprint density at radius 3 is 2.55 bits per heavy atom. The van der Waals surface area contributed by atoms with Crippen LogP contribution in [0.4, 0.5) is 5.82 Å². The molecule has 118 valence electrons. The molecule has 1 N–H and O–H groups in total. The van der Waals surface area contributed by atoms with Gasteiger partial charge in [-0.1, -0.05) is 0 Å². The number of carbonyl (C=O) groups is 1. The van der Waals surface area contributed by atoms with Gasteiger partial charge in [0.05, 0.1) is 26.3 Å². The zero-order chi connectivity index (χ0) is 16.1. The minimum Gasteiger partial charge on any atom is -0.493 e. The van der Waals surface area contributed by atoms with Crippen molar-refractivity contribution in [2.75, 3.05) is 32.7 Å². The normalized spacial score (nSPS) is 10.4. The van der Waals surface area contributed by atoms with Crippen LogP contribution >= 0.6 is 11.6 Å². The van der Waals surface area contributed by atoms with Crippen molar-refractivity contribution in [3.05, 3.63) is 17.4 Å². The second kappa shape index (κ2) is 7.13. The van der Waals surface area contributed by atoms with E-state index in [1.54, 1.807) is 19.1 Å². The maximum Gasteiger partial charge on any atom is 0.325 e. The third-order valence-electron chi connectivity index (χ3n) is 2.88. The Hall–Kier alpha value is -2.28. The highest BCUT2D eigenvalue weighted by atomic mass is 35.5. The van der Waals surface area contributed by atoms with Crippen LogP contribution in [0.25, 0.3) is 10.9 Å². The van der Waals surface area contributed by atoms with Gasteiger partial charge in [-0.2, -0.15) is 0 Å². The zero-order valence-electron chi connectivity index (χ0n) is 12.5. The van der Waals surface area contributed by atoms with E-state index in [-0.39, 0.29) is 17.8 Å². The van der Waals surface area contributed by atoms with Gasteiger partial charge in [-0.3, -0.25) is 4.79 Å². The lowest BCUT2D eigenvalue weighted by molar-refractivity contribution is -0.140. The second-order valence-corrected chi connectivity index (χ2v) is 4.56. The molecule has 0 aliphatic rings. The van der Waals surface area contributed by atoms with Crippen LogP contribution < -0.4 is 14.8 Å². The van der Waals surface area contributed by atoms with E-state index in [2.05, 4.69) is 15.3 Å². The fourth-order valence-corrected chi connectivity index (χ4v) is 2.11. The van der Waals surface area contributed by atoms with Gasteiger partial charge < -0.3 is 19.5 Å². The summed E-state index contributed by atoms with van der Waals surface area (Å²) in [5, 5.41) is 3.62. The highest BCUT2D eigenvalue weighted by molar-refractivity contribution is 6.28. The van der Waals surface area contributed by atoms with Crippen LogP contribution in [0.5, 0.6) is 11.5 Å². The summed E-state index contributed by atoms with van der Waals surface area (Å²) >= 11 is 5.92. The number of aromatic nitrogens is 2. The van der Waals surface area contributed by atoms with Gasteiger partial charge in [-0.25, -0.2) is 9.97 Å². The summed E-state index contributed by atoms with van der Waals surface area (Å²) in [6.45, 7) is 2.04. The summed E-state index contributed by atoms with van der Waals surface area (Å²) < 4.78 is 15.4. The van der Waals surface area contributed by atoms with Gasteiger partial charge in [-0.15, -0.1) is 0 Å². The maximum atomic E-state index is 11.5. The number of halogens is 1. The Bertz CT molecular complexity index is 693. The van der Waals surface area contributed by atoms with Crippen molar-refractivity contribution in [2.24, 2.45) is 0 Å². The molecule has 2 rings (SSSR count). The molecular weight excluding hydrogens is 310 g/mol. The van der Waals surface area contributed by atoms with Crippen LogP contribution in [0, 0.1) is 0 Å². The van der Waals surface area contributed by atoms with Gasteiger partial charge in [0.25, 0.3) is 0 Å². The molecule has 22 heavy (non-hydrogen) atoms. The number of hydrogen-bond donors (Lipinski definition) is 1. The lowest BCUT2D eigenvalue weighted by Gasteiger charge is -2.12. The molecule has 0 bridgehead atoms. The van der Waals surface area contributed by atoms with Crippen molar-refractivity contribution < 1.29 is 19.0 Å². The molecule has 0 amide bonds. The minimum atomic E-state index is -0.383. The Balaban J connectivity index is 2.42. The standard InChI is InChI=1S/C14H16ClN3O4/c1-4-22-12(19)7-16-13-8-5-10(20-2)11(21-3)6-9(8)17-14(15)18-13/h5-6H,4,7H2,1-3H3,(H,16,17,18). The molecule has 0 aliphatic heterocycles. The third kappa shape index (κ3) is 3.48. The smallest absolute Gasteiger partial charge is 0.325 e. The lowest BCUT2D eigenvalue weighted by atomic mass is 10.2. The number of nitrogens with one attached hydrogen (secondary N) is 1. The molecule has 0 unspecified atom stereocenters. The SMILES string of the molecule is CCOC(=O)CNc1nc(Cl)nc2cc(OC)c(OC)cc12. The number of hydrogen-bond acceptors (Lipinski definition) is 7. The first kappa shape index (κ1) is 16.1. The summed E-state index contributed by atoms with van der Waals surface area (Å²) in [7, 11) is 3.07. The number of methoxy groups -OCH3 is 2. The molecule has 0 fully saturated rings. The molecule has 8 heteroatoms. The van der Waals surface area contributed by atoms with Crippen LogP contribution in [0.3, 0.4) is 0 Å². The number of esters is 1. The maximum absolute atomic E-state index is 11.5. The van der Waals surface area contributed by atoms with E-state index >= 15 is 0 Å². The molecular formula is C14H16ClN3O4. The minimum absolute atomic E-state index is 0.0232. The van der Waals surface area contributed by atoms with E-state index in [4.69, 9.17) is 25.8 Å². The number of anilines is 1. The average Bonchev–Trinajstić information content (AvgIpc) is 2.51. The van der Waals surface area contributed by atoms with Crippen molar-refractivity contribution in [2.45, 2.75) is 6.92 Å². The number of benzene rings is 1. The van der Waals surface area contributed by atoms with Gasteiger partial charge in [0, 0.05) is 11.5 Å². The van der Waals surface area contributed by atoms with Crippen molar-refractivity contribution >= 4 is 34.3 Å². The van der Waals surface area contributed by atoms with Gasteiger partial charge in [0.1, 0.15) is 12.4 Å². The van der Waals surface area contributed by atoms with E-state index in [9.17, 15) is 4.79 Å². The summed E-state index contributed by atoms with van der Waals surface area (Å²) in [4.78, 5) is 19.7. The molecule has 0 atom stereocenters. The van der Waals surface area contributed by atoms with E-state index in [1.165, 1.54) is 14.2 Å². The van der Waals surface area contributed by atoms with E-state index < -0.39 is 0 Å². The molecule has 1 aromatic carbocycles. The fraction of sp³-hybridized carbons (Fsp3) is 0.357. The van der Waals surface area contributed by atoms with Gasteiger partial charge in [-0.05, 0) is 24.6 Å². The molecule has 2 aromatic rings. The third-order valence-corrected chi connectivity index (χ3v) is 3.05. The van der Waals surface area contributed by atoms with E-state index in [1.807, 2.05) is 0 Å². The van der Waals surface area contributed by atoms with Crippen LogP contribution in [0.2, 0.25) is 5.28 Å². The van der Waals surface area contributed by atoms with Crippen molar-refractivity contribution in [3.63, 3.8) is 0 Å². The van der Waals surface area contributed by atoms with Crippen LogP contribution in [0.15, 0.2) is 12.1 Å². The zero-order valence-corrected chi connectivity index (χ0v) is 13.2. The Morgan fingerprint density at radius 2 is 1.91 bits per heavy atom. The summed E-state index contributed by atoms with van der Waals surface area (Å²) in [5.41, 5.74) is 0.573. The van der Waals surface area contributed by atoms with Crippen molar-refractivity contribution in [3.8, 4) is 11.5 Å². The largest absolute Gasteiger partial charge is 0.493 e. The number of rotatable bonds is 6. The fourth-order valence-electron chi connectivity index (χ4n) is 1.93. The van der Waals surface area contributed by atoms with E-state index in [0.717, 1.165) is 0 Å². The average molecular weight is 326 g/mol. The summed E-state index contributed by atoms with van der Waals surface area (Å²) in [6.07, 6.45) is 0. The first-order valence-electron chi connectivity index (χ1n) is 6.57. The van der Waals surface area contributed by atoms with E-state index in [0.29, 0.717) is 34.8 Å². The number of carbonyl (C=O) groups excluding carboxylic acids is 1.